The summed E-state index contributed by atoms with van der Waals surface area (Å²) in [6.45, 7) is 10.4. The van der Waals surface area contributed by atoms with Crippen LogP contribution in [0, 0.1) is 0 Å². The first-order valence-corrected chi connectivity index (χ1v) is 20.5. The normalized spacial score (nSPS) is 21.1. The number of rotatable bonds is 19. The summed E-state index contributed by atoms with van der Waals surface area (Å²) in [5.74, 6) is 8.87. The fourth-order valence-corrected chi connectivity index (χ4v) is 12.3. The SMILES string of the molecule is C=CC(=O)OC(COCc1cccc(COCC(C)(OC(=O)C=C)SCC2CSCCS2)c1)CSCC1CSCCS1. The lowest BCUT2D eigenvalue weighted by Crippen LogP contribution is -2.35. The Bertz CT molecular complexity index is 985. The van der Waals surface area contributed by atoms with E-state index in [2.05, 4.69) is 13.2 Å². The Balaban J connectivity index is 1.44. The summed E-state index contributed by atoms with van der Waals surface area (Å²) in [4.78, 5) is 23.1. The van der Waals surface area contributed by atoms with Crippen LogP contribution in [0.4, 0.5) is 0 Å². The Kier molecular flexibility index (Phi) is 17.8. The fourth-order valence-electron chi connectivity index (χ4n) is 4.02. The number of carbonyl (C=O) groups is 2. The molecule has 0 bridgehead atoms. The van der Waals surface area contributed by atoms with Crippen molar-refractivity contribution < 1.29 is 28.5 Å². The summed E-state index contributed by atoms with van der Waals surface area (Å²) in [5.41, 5.74) is 2.01. The summed E-state index contributed by atoms with van der Waals surface area (Å²) < 4.78 is 23.3. The van der Waals surface area contributed by atoms with E-state index in [1.165, 1.54) is 35.2 Å². The molecule has 6 nitrogen and oxygen atoms in total. The molecule has 0 saturated carbocycles. The van der Waals surface area contributed by atoms with Crippen molar-refractivity contribution in [2.24, 2.45) is 0 Å². The van der Waals surface area contributed by atoms with Crippen molar-refractivity contribution in [3.05, 3.63) is 60.7 Å². The molecule has 0 amide bonds. The van der Waals surface area contributed by atoms with Gasteiger partial charge in [-0.3, -0.25) is 0 Å². The van der Waals surface area contributed by atoms with E-state index >= 15 is 0 Å². The van der Waals surface area contributed by atoms with Crippen LogP contribution in [-0.4, -0.2) is 98.5 Å². The maximum atomic E-state index is 12.0. The minimum atomic E-state index is -0.793. The van der Waals surface area contributed by atoms with E-state index in [9.17, 15) is 9.59 Å². The quantitative estimate of drug-likeness (QED) is 0.0914. The van der Waals surface area contributed by atoms with Crippen LogP contribution in [-0.2, 0) is 41.8 Å². The molecule has 1 aromatic rings. The molecule has 3 rings (SSSR count). The van der Waals surface area contributed by atoms with Crippen LogP contribution in [0.15, 0.2) is 49.6 Å². The molecule has 2 saturated heterocycles. The van der Waals surface area contributed by atoms with Crippen molar-refractivity contribution in [3.63, 3.8) is 0 Å². The molecule has 1 aromatic carbocycles. The van der Waals surface area contributed by atoms with E-state index in [-0.39, 0.29) is 12.7 Å². The predicted molar refractivity (Wildman–Crippen MR) is 187 cm³/mol. The first-order valence-electron chi connectivity index (χ1n) is 13.9. The third-order valence-corrected chi connectivity index (χ3v) is 14.8. The van der Waals surface area contributed by atoms with Gasteiger partial charge in [-0.2, -0.15) is 58.8 Å². The van der Waals surface area contributed by atoms with Gasteiger partial charge in [-0.15, -0.1) is 11.8 Å². The molecule has 4 atom stereocenters. The fraction of sp³-hybridized carbons (Fsp3) is 0.600. The van der Waals surface area contributed by atoms with Crippen LogP contribution < -0.4 is 0 Å². The van der Waals surface area contributed by atoms with Gasteiger partial charge in [0, 0.05) is 74.4 Å². The van der Waals surface area contributed by atoms with Gasteiger partial charge in [0.25, 0.3) is 0 Å². The molecule has 0 radical (unpaired) electrons. The largest absolute Gasteiger partial charge is 0.456 e. The maximum absolute atomic E-state index is 12.0. The second-order valence-corrected chi connectivity index (χ2v) is 17.5. The first kappa shape index (κ1) is 36.1. The van der Waals surface area contributed by atoms with E-state index in [1.807, 2.05) is 90.0 Å². The minimum Gasteiger partial charge on any atom is -0.456 e. The zero-order valence-electron chi connectivity index (χ0n) is 24.2. The minimum absolute atomic E-state index is 0.272. The maximum Gasteiger partial charge on any atom is 0.331 e. The molecule has 0 N–H and O–H groups in total. The van der Waals surface area contributed by atoms with E-state index in [0.29, 0.717) is 36.1 Å². The molecular formula is C30H42O6S6. The summed E-state index contributed by atoms with van der Waals surface area (Å²) in [5, 5.41) is 1.19. The molecule has 2 aliphatic heterocycles. The van der Waals surface area contributed by atoms with Crippen LogP contribution in [0.25, 0.3) is 0 Å². The smallest absolute Gasteiger partial charge is 0.331 e. The summed E-state index contributed by atoms with van der Waals surface area (Å²) >= 11 is 11.5. The number of carbonyl (C=O) groups excluding carboxylic acids is 2. The highest BCUT2D eigenvalue weighted by atomic mass is 32.2. The lowest BCUT2D eigenvalue weighted by atomic mass is 10.1. The van der Waals surface area contributed by atoms with Gasteiger partial charge >= 0.3 is 11.9 Å². The average Bonchev–Trinajstić information content (AvgIpc) is 3.01. The van der Waals surface area contributed by atoms with Crippen LogP contribution in [0.5, 0.6) is 0 Å². The number of hydrogen-bond acceptors (Lipinski definition) is 12. The van der Waals surface area contributed by atoms with Crippen LogP contribution in [0.1, 0.15) is 18.1 Å². The zero-order valence-corrected chi connectivity index (χ0v) is 29.1. The van der Waals surface area contributed by atoms with E-state index in [1.54, 1.807) is 11.8 Å². The third kappa shape index (κ3) is 14.6. The molecule has 12 heteroatoms. The highest BCUT2D eigenvalue weighted by molar-refractivity contribution is 8.08. The summed E-state index contributed by atoms with van der Waals surface area (Å²) in [7, 11) is 0. The van der Waals surface area contributed by atoms with Crippen molar-refractivity contribution in [2.45, 2.75) is 41.7 Å². The van der Waals surface area contributed by atoms with Crippen molar-refractivity contribution in [1.82, 2.24) is 0 Å². The molecule has 2 aliphatic rings. The number of esters is 2. The lowest BCUT2D eigenvalue weighted by Gasteiger charge is -2.30. The molecule has 4 unspecified atom stereocenters. The van der Waals surface area contributed by atoms with Gasteiger partial charge in [0.1, 0.15) is 6.10 Å². The number of benzene rings is 1. The lowest BCUT2D eigenvalue weighted by molar-refractivity contribution is -0.148. The number of hydrogen-bond donors (Lipinski definition) is 0. The predicted octanol–water partition coefficient (Wildman–Crippen LogP) is 6.43. The number of thioether (sulfide) groups is 6. The standard InChI is InChI=1S/C30H42O6S6/c1-4-28(31)35-25(17-39-20-26-18-37-9-11-40-26)16-33-14-23-7-6-8-24(13-23)15-34-22-30(3,36-29(32)5-2)42-21-27-19-38-10-12-41-27/h4-8,13,25-27H,1-2,9-12,14-22H2,3H3. The first-order chi connectivity index (χ1) is 20.4. The molecular weight excluding hydrogens is 649 g/mol. The molecule has 42 heavy (non-hydrogen) atoms. The molecule has 0 spiro atoms. The molecule has 2 fully saturated rings. The molecule has 0 aromatic heterocycles. The summed E-state index contributed by atoms with van der Waals surface area (Å²) in [6, 6.07) is 8.04. The van der Waals surface area contributed by atoms with Gasteiger partial charge in [-0.1, -0.05) is 37.4 Å². The van der Waals surface area contributed by atoms with Gasteiger partial charge < -0.3 is 18.9 Å². The average molecular weight is 691 g/mol. The zero-order chi connectivity index (χ0) is 30.0. The van der Waals surface area contributed by atoms with Gasteiger partial charge in [-0.05, 0) is 18.1 Å². The Morgan fingerprint density at radius 1 is 0.976 bits per heavy atom. The monoisotopic (exact) mass is 690 g/mol. The third-order valence-electron chi connectivity index (χ3n) is 6.08. The van der Waals surface area contributed by atoms with Gasteiger partial charge in [0.2, 0.25) is 0 Å². The second kappa shape index (κ2) is 20.6. The number of ether oxygens (including phenoxy) is 4. The highest BCUT2D eigenvalue weighted by Crippen LogP contribution is 2.34. The van der Waals surface area contributed by atoms with Crippen LogP contribution >= 0.6 is 70.6 Å². The van der Waals surface area contributed by atoms with Gasteiger partial charge in [-0.25, -0.2) is 9.59 Å². The molecule has 234 valence electrons. The Hall–Kier alpha value is -0.340. The second-order valence-electron chi connectivity index (χ2n) is 9.83. The van der Waals surface area contributed by atoms with Gasteiger partial charge in [0.15, 0.2) is 4.93 Å². The Labute approximate surface area is 276 Å². The van der Waals surface area contributed by atoms with Crippen LogP contribution in [0.2, 0.25) is 0 Å². The van der Waals surface area contributed by atoms with Gasteiger partial charge in [0.05, 0.1) is 26.4 Å². The van der Waals surface area contributed by atoms with E-state index in [4.69, 9.17) is 18.9 Å². The molecule has 2 heterocycles. The van der Waals surface area contributed by atoms with Crippen molar-refractivity contribution >= 4 is 82.5 Å². The Morgan fingerprint density at radius 3 is 2.24 bits per heavy atom. The van der Waals surface area contributed by atoms with Crippen molar-refractivity contribution in [1.29, 1.82) is 0 Å². The van der Waals surface area contributed by atoms with Crippen molar-refractivity contribution in [3.8, 4) is 0 Å². The highest BCUT2D eigenvalue weighted by Gasteiger charge is 2.31. The Morgan fingerprint density at radius 2 is 1.62 bits per heavy atom. The molecule has 0 aliphatic carbocycles. The van der Waals surface area contributed by atoms with E-state index in [0.717, 1.165) is 34.1 Å². The van der Waals surface area contributed by atoms with Crippen molar-refractivity contribution in [2.75, 3.05) is 65.0 Å². The summed E-state index contributed by atoms with van der Waals surface area (Å²) in [6.07, 6.45) is 2.07. The topological polar surface area (TPSA) is 71.1 Å². The van der Waals surface area contributed by atoms with E-state index < -0.39 is 16.9 Å². The van der Waals surface area contributed by atoms with Crippen LogP contribution in [0.3, 0.4) is 0 Å².